The van der Waals surface area contributed by atoms with Crippen LogP contribution >= 0.6 is 0 Å². The average molecular weight is 478 g/mol. The summed E-state index contributed by atoms with van der Waals surface area (Å²) >= 11 is 0. The van der Waals surface area contributed by atoms with Crippen LogP contribution in [0.3, 0.4) is 0 Å². The second-order valence-corrected chi connectivity index (χ2v) is 8.11. The van der Waals surface area contributed by atoms with Gasteiger partial charge in [0, 0.05) is 52.2 Å². The van der Waals surface area contributed by atoms with E-state index >= 15 is 0 Å². The van der Waals surface area contributed by atoms with E-state index in [1.807, 2.05) is 49.5 Å². The van der Waals surface area contributed by atoms with Gasteiger partial charge in [-0.2, -0.15) is 0 Å². The number of carbonyl (C=O) groups excluding carboxylic acids is 2. The second-order valence-electron chi connectivity index (χ2n) is 8.11. The predicted molar refractivity (Wildman–Crippen MR) is 142 cm³/mol. The maximum Gasteiger partial charge on any atom is 0.276 e. The van der Waals surface area contributed by atoms with Gasteiger partial charge in [0.25, 0.3) is 5.91 Å². The standard InChI is InChI=1S/C27H31N5O3.2H2/c1-29-25-18-21(10-11-22(25)19-28)20-12-14-23(15-13-20)32(27(34)24-8-5-6-16-30-24)17-7-3-2-4-9-26(33)31-35;;/h5-6,8,10-16,18-19,28-29,35H,2-4,7,9,17H2,1H3,(H,31,33);2*1H. The highest BCUT2D eigenvalue weighted by Gasteiger charge is 2.18. The zero-order valence-corrected chi connectivity index (χ0v) is 19.8. The predicted octanol–water partition coefficient (Wildman–Crippen LogP) is 5.38. The average Bonchev–Trinajstić information content (AvgIpc) is 2.92. The van der Waals surface area contributed by atoms with Crippen LogP contribution in [0.5, 0.6) is 0 Å². The van der Waals surface area contributed by atoms with Gasteiger partial charge in [-0.1, -0.05) is 43.2 Å². The van der Waals surface area contributed by atoms with Crippen LogP contribution in [0.4, 0.5) is 11.4 Å². The van der Waals surface area contributed by atoms with Gasteiger partial charge in [0.2, 0.25) is 5.91 Å². The first-order chi connectivity index (χ1) is 17.1. The number of pyridine rings is 1. The fraction of sp³-hybridized carbons (Fsp3) is 0.259. The molecule has 0 atom stereocenters. The van der Waals surface area contributed by atoms with E-state index in [1.165, 1.54) is 6.21 Å². The Bertz CT molecular complexity index is 1140. The van der Waals surface area contributed by atoms with Crippen molar-refractivity contribution in [3.63, 3.8) is 0 Å². The number of hydrogen-bond acceptors (Lipinski definition) is 6. The van der Waals surface area contributed by atoms with E-state index in [-0.39, 0.29) is 21.1 Å². The van der Waals surface area contributed by atoms with Crippen molar-refractivity contribution in [2.45, 2.75) is 32.1 Å². The molecule has 8 nitrogen and oxygen atoms in total. The summed E-state index contributed by atoms with van der Waals surface area (Å²) in [7, 11) is 1.83. The van der Waals surface area contributed by atoms with Gasteiger partial charge in [0.1, 0.15) is 5.69 Å². The number of benzene rings is 2. The van der Waals surface area contributed by atoms with Crippen molar-refractivity contribution in [3.05, 3.63) is 78.1 Å². The van der Waals surface area contributed by atoms with Crippen molar-refractivity contribution < 1.29 is 17.6 Å². The lowest BCUT2D eigenvalue weighted by Crippen LogP contribution is -2.32. The SMILES string of the molecule is CNc1cc(-c2ccc(N(CCCCCCC(=O)NO)C(=O)c3ccccn3)cc2)ccc1C=N.[HH].[HH]. The summed E-state index contributed by atoms with van der Waals surface area (Å²) < 4.78 is 0. The molecule has 0 saturated carbocycles. The van der Waals surface area contributed by atoms with Crippen LogP contribution in [0.2, 0.25) is 0 Å². The molecule has 0 aliphatic carbocycles. The second kappa shape index (κ2) is 13.0. The van der Waals surface area contributed by atoms with Gasteiger partial charge < -0.3 is 15.6 Å². The minimum absolute atomic E-state index is 0. The van der Waals surface area contributed by atoms with Crippen LogP contribution in [-0.4, -0.2) is 41.8 Å². The normalized spacial score (nSPS) is 10.5. The van der Waals surface area contributed by atoms with Crippen molar-refractivity contribution in [3.8, 4) is 11.1 Å². The third-order valence-corrected chi connectivity index (χ3v) is 5.78. The molecule has 3 rings (SSSR count). The van der Waals surface area contributed by atoms with E-state index in [0.717, 1.165) is 47.3 Å². The Hall–Kier alpha value is -4.04. The molecule has 0 aliphatic rings. The first-order valence-electron chi connectivity index (χ1n) is 11.7. The molecule has 0 aliphatic heterocycles. The van der Waals surface area contributed by atoms with Crippen molar-refractivity contribution in [1.82, 2.24) is 10.5 Å². The van der Waals surface area contributed by atoms with Gasteiger partial charge in [-0.15, -0.1) is 0 Å². The molecule has 0 spiro atoms. The quantitative estimate of drug-likeness (QED) is 0.121. The molecule has 0 fully saturated rings. The van der Waals surface area contributed by atoms with E-state index < -0.39 is 0 Å². The minimum Gasteiger partial charge on any atom is -0.388 e. The maximum atomic E-state index is 13.3. The van der Waals surface area contributed by atoms with Crippen LogP contribution in [0.1, 0.15) is 51.0 Å². The first-order valence-corrected chi connectivity index (χ1v) is 11.7. The third-order valence-electron chi connectivity index (χ3n) is 5.78. The summed E-state index contributed by atoms with van der Waals surface area (Å²) in [5.74, 6) is -0.544. The van der Waals surface area contributed by atoms with Crippen molar-refractivity contribution in [2.75, 3.05) is 23.8 Å². The summed E-state index contributed by atoms with van der Waals surface area (Å²) in [4.78, 5) is 30.4. The Balaban J connectivity index is 0.00000342. The molecule has 0 saturated heterocycles. The number of nitrogens with one attached hydrogen (secondary N) is 3. The smallest absolute Gasteiger partial charge is 0.276 e. The highest BCUT2D eigenvalue weighted by Crippen LogP contribution is 2.28. The van der Waals surface area contributed by atoms with E-state index in [4.69, 9.17) is 10.6 Å². The lowest BCUT2D eigenvalue weighted by Gasteiger charge is -2.23. The molecule has 35 heavy (non-hydrogen) atoms. The first kappa shape index (κ1) is 25.6. The summed E-state index contributed by atoms with van der Waals surface area (Å²) in [6.07, 6.45) is 6.36. The highest BCUT2D eigenvalue weighted by molar-refractivity contribution is 6.04. The van der Waals surface area contributed by atoms with Gasteiger partial charge in [0.05, 0.1) is 0 Å². The minimum atomic E-state index is -0.383. The number of rotatable bonds is 12. The molecule has 8 heteroatoms. The molecular weight excluding hydrogens is 442 g/mol. The van der Waals surface area contributed by atoms with E-state index in [0.29, 0.717) is 18.7 Å². The Morgan fingerprint density at radius 3 is 2.43 bits per heavy atom. The highest BCUT2D eigenvalue weighted by atomic mass is 16.5. The third kappa shape index (κ3) is 6.97. The summed E-state index contributed by atoms with van der Waals surface area (Å²) in [5.41, 5.74) is 6.54. The number of anilines is 2. The largest absolute Gasteiger partial charge is 0.388 e. The molecule has 3 aromatic rings. The molecule has 2 aromatic carbocycles. The fourth-order valence-electron chi connectivity index (χ4n) is 3.85. The molecule has 1 heterocycles. The Morgan fingerprint density at radius 2 is 1.77 bits per heavy atom. The van der Waals surface area contributed by atoms with E-state index in [9.17, 15) is 9.59 Å². The Kier molecular flexibility index (Phi) is 9.50. The number of amides is 2. The lowest BCUT2D eigenvalue weighted by atomic mass is 10.0. The molecule has 186 valence electrons. The van der Waals surface area contributed by atoms with Gasteiger partial charge in [0.15, 0.2) is 0 Å². The van der Waals surface area contributed by atoms with Crippen molar-refractivity contribution in [2.24, 2.45) is 0 Å². The summed E-state index contributed by atoms with van der Waals surface area (Å²) in [6, 6.07) is 19.0. The lowest BCUT2D eigenvalue weighted by molar-refractivity contribution is -0.129. The molecule has 2 amide bonds. The zero-order valence-electron chi connectivity index (χ0n) is 19.8. The molecule has 1 aromatic heterocycles. The van der Waals surface area contributed by atoms with Crippen LogP contribution in [-0.2, 0) is 4.79 Å². The van der Waals surface area contributed by atoms with Crippen molar-refractivity contribution in [1.29, 1.82) is 5.41 Å². The van der Waals surface area contributed by atoms with Gasteiger partial charge in [-0.3, -0.25) is 19.8 Å². The van der Waals surface area contributed by atoms with Crippen LogP contribution in [0.15, 0.2) is 66.9 Å². The molecule has 0 unspecified atom stereocenters. The Labute approximate surface area is 208 Å². The number of hydrogen-bond donors (Lipinski definition) is 4. The van der Waals surface area contributed by atoms with E-state index in [2.05, 4.69) is 10.3 Å². The number of hydroxylamine groups is 1. The number of aromatic nitrogens is 1. The van der Waals surface area contributed by atoms with E-state index in [1.54, 1.807) is 34.8 Å². The monoisotopic (exact) mass is 477 g/mol. The molecule has 0 radical (unpaired) electrons. The zero-order chi connectivity index (χ0) is 25.0. The van der Waals surface area contributed by atoms with Gasteiger partial charge in [-0.05, 0) is 54.3 Å². The topological polar surface area (TPSA) is 118 Å². The number of nitrogens with zero attached hydrogens (tertiary/aromatic N) is 2. The number of carbonyl (C=O) groups is 2. The van der Waals surface area contributed by atoms with Crippen LogP contribution < -0.4 is 15.7 Å². The molecular formula is C27H35N5O3. The summed E-state index contributed by atoms with van der Waals surface area (Å²) in [5, 5.41) is 19.2. The van der Waals surface area contributed by atoms with Crippen LogP contribution in [0.25, 0.3) is 11.1 Å². The van der Waals surface area contributed by atoms with Crippen molar-refractivity contribution >= 4 is 29.4 Å². The summed E-state index contributed by atoms with van der Waals surface area (Å²) in [6.45, 7) is 0.527. The fourth-order valence-corrected chi connectivity index (χ4v) is 3.85. The van der Waals surface area contributed by atoms with Gasteiger partial charge in [-0.25, -0.2) is 5.48 Å². The molecule has 4 N–H and O–H groups in total. The van der Waals surface area contributed by atoms with Crippen LogP contribution in [0, 0.1) is 5.41 Å². The van der Waals surface area contributed by atoms with Gasteiger partial charge >= 0.3 is 0 Å². The molecule has 0 bridgehead atoms. The number of unbranched alkanes of at least 4 members (excludes halogenated alkanes) is 3. The Morgan fingerprint density at radius 1 is 1.03 bits per heavy atom. The maximum absolute atomic E-state index is 13.3.